The zero-order valence-corrected chi connectivity index (χ0v) is 12.7. The Hall–Kier alpha value is 0.1000. The summed E-state index contributed by atoms with van der Waals surface area (Å²) in [6, 6.07) is 4.61. The number of thiophene rings is 1. The fraction of sp³-hybridized carbons (Fsp3) is 0.667. The molecule has 1 heterocycles. The molecule has 1 aromatic rings. The predicted octanol–water partition coefficient (Wildman–Crippen LogP) is 3.46. The third-order valence-corrected chi connectivity index (χ3v) is 4.50. The van der Waals surface area contributed by atoms with Crippen LogP contribution in [-0.4, -0.2) is 25.3 Å². The third kappa shape index (κ3) is 3.84. The van der Waals surface area contributed by atoms with Gasteiger partial charge in [0.05, 0.1) is 9.39 Å². The van der Waals surface area contributed by atoms with Crippen molar-refractivity contribution >= 4 is 27.3 Å². The van der Waals surface area contributed by atoms with Gasteiger partial charge in [-0.25, -0.2) is 0 Å². The minimum atomic E-state index is -0.146. The van der Waals surface area contributed by atoms with Crippen LogP contribution in [-0.2, 0) is 11.2 Å². The second-order valence-corrected chi connectivity index (χ2v) is 6.88. The second-order valence-electron chi connectivity index (χ2n) is 4.33. The number of ether oxygens (including phenoxy) is 1. The van der Waals surface area contributed by atoms with Crippen molar-refractivity contribution in [3.63, 3.8) is 0 Å². The summed E-state index contributed by atoms with van der Waals surface area (Å²) in [7, 11) is 1.77. The Morgan fingerprint density at radius 1 is 1.50 bits per heavy atom. The van der Waals surface area contributed by atoms with Crippen molar-refractivity contribution in [2.24, 2.45) is 0 Å². The molecule has 1 N–H and O–H groups in total. The van der Waals surface area contributed by atoms with Gasteiger partial charge in [-0.1, -0.05) is 6.92 Å². The molecule has 1 rings (SSSR count). The molecule has 0 aliphatic rings. The van der Waals surface area contributed by atoms with Crippen molar-refractivity contribution in [2.75, 3.05) is 13.7 Å². The van der Waals surface area contributed by atoms with Gasteiger partial charge in [0, 0.05) is 18.0 Å². The fourth-order valence-corrected chi connectivity index (χ4v) is 3.14. The van der Waals surface area contributed by atoms with E-state index in [4.69, 9.17) is 4.74 Å². The van der Waals surface area contributed by atoms with E-state index >= 15 is 0 Å². The molecule has 0 spiro atoms. The molecule has 4 heteroatoms. The standard InChI is InChI=1S/C12H20BrNOS/c1-5-14-10(12(2,3)15-4)8-9-6-7-11(13)16-9/h6-7,10,14H,5,8H2,1-4H3. The Balaban J connectivity index is 2.71. The maximum atomic E-state index is 5.56. The second kappa shape index (κ2) is 6.15. The molecule has 1 unspecified atom stereocenters. The monoisotopic (exact) mass is 305 g/mol. The minimum Gasteiger partial charge on any atom is -0.377 e. The number of halogens is 1. The maximum absolute atomic E-state index is 5.56. The third-order valence-electron chi connectivity index (χ3n) is 2.85. The summed E-state index contributed by atoms with van der Waals surface area (Å²) in [6.07, 6.45) is 1.00. The van der Waals surface area contributed by atoms with Crippen LogP contribution >= 0.6 is 27.3 Å². The quantitative estimate of drug-likeness (QED) is 0.869. The Kier molecular flexibility index (Phi) is 5.44. The van der Waals surface area contributed by atoms with Gasteiger partial charge in [0.1, 0.15) is 0 Å². The molecule has 16 heavy (non-hydrogen) atoms. The van der Waals surface area contributed by atoms with Crippen LogP contribution in [0.25, 0.3) is 0 Å². The number of hydrogen-bond donors (Lipinski definition) is 1. The Morgan fingerprint density at radius 2 is 2.19 bits per heavy atom. The molecular weight excluding hydrogens is 286 g/mol. The average molecular weight is 306 g/mol. The zero-order chi connectivity index (χ0) is 12.2. The van der Waals surface area contributed by atoms with Crippen LogP contribution in [0.2, 0.25) is 0 Å². The van der Waals surface area contributed by atoms with Crippen molar-refractivity contribution in [2.45, 2.75) is 38.8 Å². The van der Waals surface area contributed by atoms with Gasteiger partial charge in [-0.3, -0.25) is 0 Å². The molecule has 0 radical (unpaired) electrons. The molecular formula is C12H20BrNOS. The van der Waals surface area contributed by atoms with Crippen molar-refractivity contribution in [1.29, 1.82) is 0 Å². The molecule has 2 nitrogen and oxygen atoms in total. The summed E-state index contributed by atoms with van der Waals surface area (Å²) in [4.78, 5) is 1.38. The summed E-state index contributed by atoms with van der Waals surface area (Å²) in [5.74, 6) is 0. The number of nitrogens with one attached hydrogen (secondary N) is 1. The molecule has 0 saturated carbocycles. The highest BCUT2D eigenvalue weighted by Gasteiger charge is 2.28. The SMILES string of the molecule is CCNC(Cc1ccc(Br)s1)C(C)(C)OC. The van der Waals surface area contributed by atoms with Crippen molar-refractivity contribution in [1.82, 2.24) is 5.32 Å². The molecule has 1 atom stereocenters. The summed E-state index contributed by atoms with van der Waals surface area (Å²) in [5.41, 5.74) is -0.146. The lowest BCUT2D eigenvalue weighted by molar-refractivity contribution is -0.00939. The van der Waals surface area contributed by atoms with Gasteiger partial charge < -0.3 is 10.1 Å². The molecule has 0 fully saturated rings. The van der Waals surface area contributed by atoms with E-state index in [0.717, 1.165) is 13.0 Å². The summed E-state index contributed by atoms with van der Waals surface area (Å²) >= 11 is 5.29. The molecule has 0 aromatic carbocycles. The first-order valence-corrected chi connectivity index (χ1v) is 7.13. The van der Waals surface area contributed by atoms with Crippen molar-refractivity contribution in [3.8, 4) is 0 Å². The molecule has 92 valence electrons. The van der Waals surface area contributed by atoms with Gasteiger partial charge in [0.15, 0.2) is 0 Å². The summed E-state index contributed by atoms with van der Waals surface area (Å²) in [5, 5.41) is 3.50. The topological polar surface area (TPSA) is 21.3 Å². The predicted molar refractivity (Wildman–Crippen MR) is 74.3 cm³/mol. The number of rotatable bonds is 6. The van der Waals surface area contributed by atoms with Gasteiger partial charge in [-0.2, -0.15) is 0 Å². The molecule has 0 saturated heterocycles. The normalized spacial score (nSPS) is 14.1. The van der Waals surface area contributed by atoms with E-state index in [1.807, 2.05) is 0 Å². The van der Waals surface area contributed by atoms with Crippen LogP contribution < -0.4 is 5.32 Å². The largest absolute Gasteiger partial charge is 0.377 e. The Labute approximate surface area is 111 Å². The molecule has 0 aliphatic heterocycles. The van der Waals surface area contributed by atoms with Crippen LogP contribution in [0.5, 0.6) is 0 Å². The van der Waals surface area contributed by atoms with E-state index in [2.05, 4.69) is 54.2 Å². The highest BCUT2D eigenvalue weighted by molar-refractivity contribution is 9.11. The van der Waals surface area contributed by atoms with Gasteiger partial charge in [-0.05, 0) is 54.9 Å². The van der Waals surface area contributed by atoms with E-state index in [1.165, 1.54) is 8.66 Å². The first-order chi connectivity index (χ1) is 7.49. The van der Waals surface area contributed by atoms with Gasteiger partial charge in [0.2, 0.25) is 0 Å². The lowest BCUT2D eigenvalue weighted by Gasteiger charge is -2.33. The zero-order valence-electron chi connectivity index (χ0n) is 10.3. The lowest BCUT2D eigenvalue weighted by atomic mass is 9.95. The summed E-state index contributed by atoms with van der Waals surface area (Å²) in [6.45, 7) is 7.35. The van der Waals surface area contributed by atoms with Gasteiger partial charge >= 0.3 is 0 Å². The van der Waals surface area contributed by atoms with Crippen LogP contribution in [0.15, 0.2) is 15.9 Å². The first kappa shape index (κ1) is 14.2. The van der Waals surface area contributed by atoms with E-state index < -0.39 is 0 Å². The van der Waals surface area contributed by atoms with Gasteiger partial charge in [0.25, 0.3) is 0 Å². The van der Waals surface area contributed by atoms with Crippen LogP contribution in [0.1, 0.15) is 25.6 Å². The van der Waals surface area contributed by atoms with E-state index in [-0.39, 0.29) is 5.60 Å². The molecule has 0 aliphatic carbocycles. The Morgan fingerprint density at radius 3 is 2.62 bits per heavy atom. The molecule has 0 bridgehead atoms. The highest BCUT2D eigenvalue weighted by Crippen LogP contribution is 2.26. The smallest absolute Gasteiger partial charge is 0.0778 e. The molecule has 1 aromatic heterocycles. The Bertz CT molecular complexity index is 325. The summed E-state index contributed by atoms with van der Waals surface area (Å²) < 4.78 is 6.75. The minimum absolute atomic E-state index is 0.146. The lowest BCUT2D eigenvalue weighted by Crippen LogP contribution is -2.49. The number of methoxy groups -OCH3 is 1. The van der Waals surface area contributed by atoms with E-state index in [1.54, 1.807) is 18.4 Å². The van der Waals surface area contributed by atoms with Gasteiger partial charge in [-0.15, -0.1) is 11.3 Å². The van der Waals surface area contributed by atoms with Crippen molar-refractivity contribution in [3.05, 3.63) is 20.8 Å². The molecule has 0 amide bonds. The first-order valence-electron chi connectivity index (χ1n) is 5.52. The number of likely N-dealkylation sites (N-methyl/N-ethyl adjacent to an activating group) is 1. The van der Waals surface area contributed by atoms with E-state index in [0.29, 0.717) is 6.04 Å². The van der Waals surface area contributed by atoms with Crippen LogP contribution in [0, 0.1) is 0 Å². The fourth-order valence-electron chi connectivity index (χ4n) is 1.62. The van der Waals surface area contributed by atoms with Crippen LogP contribution in [0.3, 0.4) is 0 Å². The van der Waals surface area contributed by atoms with E-state index in [9.17, 15) is 0 Å². The maximum Gasteiger partial charge on any atom is 0.0778 e. The highest BCUT2D eigenvalue weighted by atomic mass is 79.9. The average Bonchev–Trinajstić information content (AvgIpc) is 2.63. The number of hydrogen-bond acceptors (Lipinski definition) is 3. The van der Waals surface area contributed by atoms with Crippen molar-refractivity contribution < 1.29 is 4.74 Å². The van der Waals surface area contributed by atoms with Crippen LogP contribution in [0.4, 0.5) is 0 Å².